The number of ether oxygens (including phenoxy) is 2. The fourth-order valence-corrected chi connectivity index (χ4v) is 5.22. The molecule has 0 aliphatic heterocycles. The molecule has 0 atom stereocenters. The van der Waals surface area contributed by atoms with Gasteiger partial charge in [-0.15, -0.1) is 0 Å². The van der Waals surface area contributed by atoms with Gasteiger partial charge >= 0.3 is 5.69 Å². The van der Waals surface area contributed by atoms with E-state index in [-0.39, 0.29) is 29.6 Å². The van der Waals surface area contributed by atoms with Gasteiger partial charge in [0.15, 0.2) is 12.4 Å². The summed E-state index contributed by atoms with van der Waals surface area (Å²) in [4.78, 5) is 42.3. The fraction of sp³-hybridized carbons (Fsp3) is 0.290. The van der Waals surface area contributed by atoms with Crippen molar-refractivity contribution in [2.45, 2.75) is 44.9 Å². The van der Waals surface area contributed by atoms with Gasteiger partial charge in [0.2, 0.25) is 5.75 Å². The number of anilines is 1. The summed E-state index contributed by atoms with van der Waals surface area (Å²) in [7, 11) is 0. The predicted molar refractivity (Wildman–Crippen MR) is 165 cm³/mol. The molecule has 0 unspecified atom stereocenters. The van der Waals surface area contributed by atoms with E-state index in [1.54, 1.807) is 43.3 Å². The van der Waals surface area contributed by atoms with Crippen LogP contribution in [0.3, 0.4) is 0 Å². The second kappa shape index (κ2) is 13.5. The van der Waals surface area contributed by atoms with Gasteiger partial charge < -0.3 is 14.8 Å². The van der Waals surface area contributed by atoms with Crippen LogP contribution in [0.1, 0.15) is 56.3 Å². The first-order valence-electron chi connectivity index (χ1n) is 14.0. The number of nitrogens with zero attached hydrogens (tertiary/aromatic N) is 4. The van der Waals surface area contributed by atoms with E-state index in [1.165, 1.54) is 23.0 Å². The first kappa shape index (κ1) is 29.7. The van der Waals surface area contributed by atoms with Crippen LogP contribution < -0.4 is 20.3 Å². The first-order valence-corrected chi connectivity index (χ1v) is 14.4. The number of nitro groups is 1. The van der Waals surface area contributed by atoms with Crippen LogP contribution in [0.15, 0.2) is 70.6 Å². The summed E-state index contributed by atoms with van der Waals surface area (Å²) in [5.41, 5.74) is 0.685. The molecule has 0 bridgehead atoms. The van der Waals surface area contributed by atoms with Crippen LogP contribution in [-0.4, -0.2) is 39.9 Å². The van der Waals surface area contributed by atoms with E-state index in [9.17, 15) is 19.7 Å². The molecule has 1 amide bonds. The molecule has 1 aliphatic rings. The Bertz CT molecular complexity index is 1730. The Morgan fingerprint density at radius 1 is 1.14 bits per heavy atom. The number of fused-ring (bicyclic) bond motifs is 1. The minimum Gasteiger partial charge on any atom is -0.490 e. The van der Waals surface area contributed by atoms with Crippen molar-refractivity contribution in [1.29, 1.82) is 0 Å². The van der Waals surface area contributed by atoms with Gasteiger partial charge in [0.05, 0.1) is 28.6 Å². The summed E-state index contributed by atoms with van der Waals surface area (Å²) in [5.74, 6) is -0.00286. The largest absolute Gasteiger partial charge is 0.490 e. The van der Waals surface area contributed by atoms with Crippen molar-refractivity contribution in [3.63, 3.8) is 0 Å². The maximum Gasteiger partial charge on any atom is 0.315 e. The van der Waals surface area contributed by atoms with Crippen molar-refractivity contribution < 1.29 is 19.2 Å². The van der Waals surface area contributed by atoms with Crippen LogP contribution in [0.4, 0.5) is 11.4 Å². The quantitative estimate of drug-likeness (QED) is 0.127. The van der Waals surface area contributed by atoms with Gasteiger partial charge in [-0.1, -0.05) is 43.0 Å². The average molecular weight is 604 g/mol. The molecule has 12 heteroatoms. The van der Waals surface area contributed by atoms with Crippen LogP contribution in [-0.2, 0) is 4.79 Å². The minimum absolute atomic E-state index is 0.0638. The molecule has 1 aliphatic carbocycles. The second-order valence-electron chi connectivity index (χ2n) is 10.1. The number of nitro benzene ring substituents is 1. The molecule has 11 nitrogen and oxygen atoms in total. The molecule has 4 aromatic rings. The molecule has 5 rings (SSSR count). The third-order valence-corrected chi connectivity index (χ3v) is 7.35. The Morgan fingerprint density at radius 3 is 2.60 bits per heavy atom. The van der Waals surface area contributed by atoms with Crippen molar-refractivity contribution >= 4 is 46.0 Å². The number of hydrogen-bond acceptors (Lipinski definition) is 8. The van der Waals surface area contributed by atoms with E-state index in [0.29, 0.717) is 33.0 Å². The predicted octanol–water partition coefficient (Wildman–Crippen LogP) is 6.30. The molecule has 1 N–H and O–H groups in total. The maximum absolute atomic E-state index is 13.5. The van der Waals surface area contributed by atoms with Gasteiger partial charge in [-0.25, -0.2) is 4.98 Å². The lowest BCUT2D eigenvalue weighted by atomic mass is 9.88. The number of carbonyl (C=O) groups excluding carboxylic acids is 1. The lowest BCUT2D eigenvalue weighted by Gasteiger charge is -2.22. The second-order valence-corrected chi connectivity index (χ2v) is 10.5. The van der Waals surface area contributed by atoms with Gasteiger partial charge in [0, 0.05) is 28.3 Å². The van der Waals surface area contributed by atoms with Gasteiger partial charge in [0.1, 0.15) is 5.82 Å². The first-order chi connectivity index (χ1) is 20.8. The summed E-state index contributed by atoms with van der Waals surface area (Å²) >= 11 is 5.88. The summed E-state index contributed by atoms with van der Waals surface area (Å²) in [6.07, 6.45) is 6.39. The van der Waals surface area contributed by atoms with Gasteiger partial charge in [-0.2, -0.15) is 9.78 Å². The SMILES string of the molecule is CCOc1cc(C=Nn2c(C3CCCCC3)nc3ccccc3c2=O)cc([N+](=O)[O-])c1OCC(=O)Nc1ccc(Cl)cc1. The Labute approximate surface area is 252 Å². The third kappa shape index (κ3) is 7.00. The van der Waals surface area contributed by atoms with Crippen molar-refractivity contribution in [3.05, 3.63) is 97.5 Å². The number of rotatable bonds is 10. The van der Waals surface area contributed by atoms with Crippen LogP contribution in [0.5, 0.6) is 11.5 Å². The number of amides is 1. The van der Waals surface area contributed by atoms with Crippen LogP contribution in [0.25, 0.3) is 10.9 Å². The molecule has 0 saturated heterocycles. The molecule has 1 saturated carbocycles. The molecule has 3 aromatic carbocycles. The van der Waals surface area contributed by atoms with Crippen molar-refractivity contribution in [1.82, 2.24) is 9.66 Å². The fourth-order valence-electron chi connectivity index (χ4n) is 5.10. The summed E-state index contributed by atoms with van der Waals surface area (Å²) < 4.78 is 12.6. The van der Waals surface area contributed by atoms with Crippen LogP contribution >= 0.6 is 11.6 Å². The highest BCUT2D eigenvalue weighted by atomic mass is 35.5. The zero-order chi connectivity index (χ0) is 30.3. The molecular weight excluding hydrogens is 574 g/mol. The van der Waals surface area contributed by atoms with E-state index in [4.69, 9.17) is 26.1 Å². The van der Waals surface area contributed by atoms with Gasteiger partial charge in [-0.05, 0) is 62.2 Å². The highest BCUT2D eigenvalue weighted by molar-refractivity contribution is 6.30. The van der Waals surface area contributed by atoms with Crippen LogP contribution in [0.2, 0.25) is 5.02 Å². The highest BCUT2D eigenvalue weighted by Gasteiger charge is 2.25. The molecule has 1 heterocycles. The van der Waals surface area contributed by atoms with Gasteiger partial charge in [0.25, 0.3) is 11.5 Å². The number of carbonyl (C=O) groups is 1. The normalized spacial score (nSPS) is 13.7. The van der Waals surface area contributed by atoms with Gasteiger partial charge in [-0.3, -0.25) is 19.7 Å². The van der Waals surface area contributed by atoms with Crippen molar-refractivity contribution in [2.24, 2.45) is 5.10 Å². The summed E-state index contributed by atoms with van der Waals surface area (Å²) in [5, 5.41) is 20.2. The molecule has 0 radical (unpaired) electrons. The molecule has 43 heavy (non-hydrogen) atoms. The van der Waals surface area contributed by atoms with E-state index >= 15 is 0 Å². The topological polar surface area (TPSA) is 138 Å². The maximum atomic E-state index is 13.5. The third-order valence-electron chi connectivity index (χ3n) is 7.10. The Kier molecular flexibility index (Phi) is 9.31. The number of hydrogen-bond donors (Lipinski definition) is 1. The molecule has 1 aromatic heterocycles. The Balaban J connectivity index is 1.47. The number of halogens is 1. The molecule has 0 spiro atoms. The minimum atomic E-state index is -0.622. The number of nitrogens with one attached hydrogen (secondary N) is 1. The molecular formula is C31H30ClN5O6. The monoisotopic (exact) mass is 603 g/mol. The average Bonchev–Trinajstić information content (AvgIpc) is 3.01. The zero-order valence-electron chi connectivity index (χ0n) is 23.5. The van der Waals surface area contributed by atoms with Crippen molar-refractivity contribution in [3.8, 4) is 11.5 Å². The summed E-state index contributed by atoms with van der Waals surface area (Å²) in [6.45, 7) is 1.41. The van der Waals surface area contributed by atoms with Crippen LogP contribution in [0, 0.1) is 10.1 Å². The molecule has 1 fully saturated rings. The van der Waals surface area contributed by atoms with E-state index in [1.807, 2.05) is 12.1 Å². The van der Waals surface area contributed by atoms with Crippen molar-refractivity contribution in [2.75, 3.05) is 18.5 Å². The number of benzene rings is 3. The van der Waals surface area contributed by atoms with E-state index < -0.39 is 23.1 Å². The number of aromatic nitrogens is 2. The lowest BCUT2D eigenvalue weighted by Crippen LogP contribution is -2.25. The Hall–Kier alpha value is -4.77. The zero-order valence-corrected chi connectivity index (χ0v) is 24.3. The van der Waals surface area contributed by atoms with E-state index in [2.05, 4.69) is 10.4 Å². The number of para-hydroxylation sites is 1. The lowest BCUT2D eigenvalue weighted by molar-refractivity contribution is -0.385. The molecule has 222 valence electrons. The van der Waals surface area contributed by atoms with E-state index in [0.717, 1.165) is 32.1 Å². The summed E-state index contributed by atoms with van der Waals surface area (Å²) in [6, 6.07) is 16.4. The Morgan fingerprint density at radius 2 is 1.88 bits per heavy atom. The highest BCUT2D eigenvalue weighted by Crippen LogP contribution is 2.38. The smallest absolute Gasteiger partial charge is 0.315 e. The standard InChI is InChI=1S/C31H30ClN5O6/c1-2-42-27-17-20(16-26(37(40)41)29(27)43-19-28(38)34-23-14-12-22(32)13-15-23)18-33-36-30(21-8-4-3-5-9-21)35-25-11-7-6-10-24(25)31(36)39/h6-7,10-18,21H,2-5,8-9,19H2,1H3,(H,34,38).